The summed E-state index contributed by atoms with van der Waals surface area (Å²) in [5.41, 5.74) is 0. The van der Waals surface area contributed by atoms with Crippen LogP contribution in [0.1, 0.15) is 23.2 Å². The van der Waals surface area contributed by atoms with Crippen LogP contribution >= 0.6 is 0 Å². The van der Waals surface area contributed by atoms with E-state index in [0.717, 1.165) is 0 Å². The minimum absolute atomic E-state index is 0.0132. The summed E-state index contributed by atoms with van der Waals surface area (Å²) in [5.74, 6) is -0.309. The van der Waals surface area contributed by atoms with Crippen LogP contribution < -0.4 is 0 Å². The molecule has 130 valence electrons. The van der Waals surface area contributed by atoms with E-state index < -0.39 is 43.3 Å². The number of rotatable bonds is 6. The van der Waals surface area contributed by atoms with Gasteiger partial charge in [-0.25, -0.2) is 4.79 Å². The molecule has 23 heavy (non-hydrogen) atoms. The third-order valence-corrected chi connectivity index (χ3v) is 3.38. The first-order valence-corrected chi connectivity index (χ1v) is 7.15. The van der Waals surface area contributed by atoms with E-state index in [0.29, 0.717) is 0 Å². The molecule has 1 aromatic heterocycles. The second kappa shape index (κ2) is 7.86. The first kappa shape index (κ1) is 17.9. The highest BCUT2D eigenvalue weighted by Crippen LogP contribution is 2.23. The molecule has 9 nitrogen and oxygen atoms in total. The maximum atomic E-state index is 11.5. The molecule has 0 aliphatic carbocycles. The number of furan rings is 1. The van der Waals surface area contributed by atoms with Crippen molar-refractivity contribution in [2.24, 2.45) is 0 Å². The minimum Gasteiger partial charge on any atom is -0.460 e. The van der Waals surface area contributed by atoms with Crippen molar-refractivity contribution in [1.82, 2.24) is 0 Å². The fourth-order valence-corrected chi connectivity index (χ4v) is 2.14. The van der Waals surface area contributed by atoms with Crippen LogP contribution in [-0.4, -0.2) is 70.3 Å². The standard InChI is InChI=1S/C14H20O9/c1-2-20-13(19)8-4-3-7(22-8)6-21-14-12(18)11(17)10(16)9(5-15)23-14/h3-4,9-12,14-18H,2,5-6H2,1H3/t9-,10-,11+,12-,14-/m1/s1. The largest absolute Gasteiger partial charge is 0.460 e. The Balaban J connectivity index is 1.93. The van der Waals surface area contributed by atoms with Crippen LogP contribution in [0.15, 0.2) is 16.5 Å². The monoisotopic (exact) mass is 332 g/mol. The van der Waals surface area contributed by atoms with Crippen molar-refractivity contribution < 1.29 is 43.8 Å². The summed E-state index contributed by atoms with van der Waals surface area (Å²) >= 11 is 0. The van der Waals surface area contributed by atoms with Gasteiger partial charge in [0.1, 0.15) is 36.8 Å². The van der Waals surface area contributed by atoms with Crippen molar-refractivity contribution in [3.63, 3.8) is 0 Å². The highest BCUT2D eigenvalue weighted by atomic mass is 16.7. The van der Waals surface area contributed by atoms with Crippen molar-refractivity contribution in [2.45, 2.75) is 44.2 Å². The number of aliphatic hydroxyl groups excluding tert-OH is 4. The highest BCUT2D eigenvalue weighted by Gasteiger charge is 2.44. The van der Waals surface area contributed by atoms with Gasteiger partial charge >= 0.3 is 5.97 Å². The van der Waals surface area contributed by atoms with Crippen LogP contribution in [0, 0.1) is 0 Å². The molecule has 2 heterocycles. The summed E-state index contributed by atoms with van der Waals surface area (Å²) < 4.78 is 20.5. The van der Waals surface area contributed by atoms with Crippen LogP contribution in [0.2, 0.25) is 0 Å². The SMILES string of the molecule is CCOC(=O)c1ccc(CO[C@@H]2O[C@H](CO)[C@@H](O)[C@H](O)[C@H]2O)o1. The third-order valence-electron chi connectivity index (χ3n) is 3.38. The molecule has 1 aromatic rings. The Morgan fingerprint density at radius 2 is 1.96 bits per heavy atom. The van der Waals surface area contributed by atoms with Gasteiger partial charge in [0.25, 0.3) is 0 Å². The van der Waals surface area contributed by atoms with E-state index in [-0.39, 0.29) is 24.7 Å². The van der Waals surface area contributed by atoms with E-state index in [1.165, 1.54) is 12.1 Å². The van der Waals surface area contributed by atoms with Crippen LogP contribution in [0.25, 0.3) is 0 Å². The zero-order valence-electron chi connectivity index (χ0n) is 12.5. The number of carbonyl (C=O) groups is 1. The van der Waals surface area contributed by atoms with Gasteiger partial charge in [-0.1, -0.05) is 0 Å². The average molecular weight is 332 g/mol. The van der Waals surface area contributed by atoms with Crippen molar-refractivity contribution in [3.05, 3.63) is 23.7 Å². The third kappa shape index (κ3) is 4.08. The quantitative estimate of drug-likeness (QED) is 0.472. The fraction of sp³-hybridized carbons (Fsp3) is 0.643. The molecule has 0 radical (unpaired) electrons. The zero-order chi connectivity index (χ0) is 17.0. The molecule has 0 aromatic carbocycles. The predicted octanol–water partition coefficient (Wildman–Crippen LogP) is -1.23. The van der Waals surface area contributed by atoms with Crippen LogP contribution in [0.5, 0.6) is 0 Å². The maximum Gasteiger partial charge on any atom is 0.374 e. The maximum absolute atomic E-state index is 11.5. The molecule has 1 aliphatic rings. The molecule has 0 bridgehead atoms. The summed E-state index contributed by atoms with van der Waals surface area (Å²) in [6, 6.07) is 2.92. The molecule has 4 N–H and O–H groups in total. The van der Waals surface area contributed by atoms with E-state index in [9.17, 15) is 20.1 Å². The lowest BCUT2D eigenvalue weighted by atomic mass is 9.99. The Morgan fingerprint density at radius 3 is 2.61 bits per heavy atom. The Bertz CT molecular complexity index is 512. The minimum atomic E-state index is -1.52. The summed E-state index contributed by atoms with van der Waals surface area (Å²) in [6.45, 7) is 1.20. The van der Waals surface area contributed by atoms with Crippen LogP contribution in [0.3, 0.4) is 0 Å². The normalized spacial score (nSPS) is 31.1. The molecular weight excluding hydrogens is 312 g/mol. The first-order valence-electron chi connectivity index (χ1n) is 7.15. The number of aliphatic hydroxyl groups is 4. The van der Waals surface area contributed by atoms with Gasteiger partial charge in [-0.15, -0.1) is 0 Å². The van der Waals surface area contributed by atoms with Gasteiger partial charge < -0.3 is 39.1 Å². The van der Waals surface area contributed by atoms with Crippen molar-refractivity contribution >= 4 is 5.97 Å². The predicted molar refractivity (Wildman–Crippen MR) is 73.2 cm³/mol. The van der Waals surface area contributed by atoms with Crippen molar-refractivity contribution in [1.29, 1.82) is 0 Å². The lowest BCUT2D eigenvalue weighted by Crippen LogP contribution is -2.59. The number of carbonyl (C=O) groups excluding carboxylic acids is 1. The van der Waals surface area contributed by atoms with Gasteiger partial charge in [0, 0.05) is 0 Å². The summed E-state index contributed by atoms with van der Waals surface area (Å²) in [7, 11) is 0. The topological polar surface area (TPSA) is 139 Å². The summed E-state index contributed by atoms with van der Waals surface area (Å²) in [5, 5.41) is 38.2. The van der Waals surface area contributed by atoms with Gasteiger partial charge in [0.2, 0.25) is 5.76 Å². The van der Waals surface area contributed by atoms with Gasteiger partial charge in [-0.2, -0.15) is 0 Å². The fourth-order valence-electron chi connectivity index (χ4n) is 2.14. The molecule has 5 atom stereocenters. The van der Waals surface area contributed by atoms with Crippen molar-refractivity contribution in [3.8, 4) is 0 Å². The molecule has 0 spiro atoms. The Kier molecular flexibility index (Phi) is 6.10. The number of hydrogen-bond acceptors (Lipinski definition) is 9. The number of ether oxygens (including phenoxy) is 3. The molecule has 1 fully saturated rings. The summed E-state index contributed by atoms with van der Waals surface area (Å²) in [6.07, 6.45) is -6.77. The van der Waals surface area contributed by atoms with Gasteiger partial charge in [-0.05, 0) is 19.1 Å². The highest BCUT2D eigenvalue weighted by molar-refractivity contribution is 5.86. The van der Waals surface area contributed by atoms with E-state index >= 15 is 0 Å². The van der Waals surface area contributed by atoms with E-state index in [1.807, 2.05) is 0 Å². The second-order valence-electron chi connectivity index (χ2n) is 4.99. The van der Waals surface area contributed by atoms with E-state index in [4.69, 9.17) is 23.7 Å². The summed E-state index contributed by atoms with van der Waals surface area (Å²) in [4.78, 5) is 11.5. The smallest absolute Gasteiger partial charge is 0.374 e. The van der Waals surface area contributed by atoms with Gasteiger partial charge in [0.15, 0.2) is 6.29 Å². The molecular formula is C14H20O9. The van der Waals surface area contributed by atoms with Gasteiger partial charge in [-0.3, -0.25) is 0 Å². The average Bonchev–Trinajstić information content (AvgIpc) is 3.01. The Hall–Kier alpha value is -1.49. The van der Waals surface area contributed by atoms with E-state index in [2.05, 4.69) is 0 Å². The molecule has 1 aliphatic heterocycles. The van der Waals surface area contributed by atoms with E-state index in [1.54, 1.807) is 6.92 Å². The van der Waals surface area contributed by atoms with Gasteiger partial charge in [0.05, 0.1) is 13.2 Å². The lowest BCUT2D eigenvalue weighted by molar-refractivity contribution is -0.304. The molecule has 0 unspecified atom stereocenters. The molecule has 0 saturated carbocycles. The van der Waals surface area contributed by atoms with Crippen molar-refractivity contribution in [2.75, 3.05) is 13.2 Å². The number of hydrogen-bond donors (Lipinski definition) is 4. The van der Waals surface area contributed by atoms with Crippen LogP contribution in [0.4, 0.5) is 0 Å². The lowest BCUT2D eigenvalue weighted by Gasteiger charge is -2.39. The number of esters is 1. The Morgan fingerprint density at radius 1 is 1.22 bits per heavy atom. The van der Waals surface area contributed by atoms with Crippen LogP contribution in [-0.2, 0) is 20.8 Å². The molecule has 2 rings (SSSR count). The molecule has 0 amide bonds. The molecule has 9 heteroatoms. The second-order valence-corrected chi connectivity index (χ2v) is 4.99. The Labute approximate surface area is 132 Å². The zero-order valence-corrected chi connectivity index (χ0v) is 12.5. The molecule has 1 saturated heterocycles. The first-order chi connectivity index (χ1) is 11.0.